The van der Waals surface area contributed by atoms with Gasteiger partial charge in [0, 0.05) is 25.4 Å². The van der Waals surface area contributed by atoms with Crippen molar-refractivity contribution in [3.63, 3.8) is 0 Å². The van der Waals surface area contributed by atoms with Gasteiger partial charge in [-0.15, -0.1) is 0 Å². The summed E-state index contributed by atoms with van der Waals surface area (Å²) in [6, 6.07) is 7.15. The summed E-state index contributed by atoms with van der Waals surface area (Å²) in [6.45, 7) is 2.22. The van der Waals surface area contributed by atoms with E-state index >= 15 is 0 Å². The SMILES string of the molecule is CCn1cc(NC(=O)c2cnn3c(C(F)(F)F)cc(-c4ccc(OC)cc4)nc23)c(C(=O)NC)n1. The third-order valence-corrected chi connectivity index (χ3v) is 5.17. The van der Waals surface area contributed by atoms with Crippen molar-refractivity contribution < 1.29 is 27.5 Å². The van der Waals surface area contributed by atoms with Crippen molar-refractivity contribution >= 4 is 23.1 Å². The second-order valence-electron chi connectivity index (χ2n) is 7.33. The number of amides is 2. The van der Waals surface area contributed by atoms with Crippen LogP contribution in [-0.2, 0) is 12.7 Å². The standard InChI is InChI=1S/C22H20F3N7O3/c1-4-31-11-16(18(30-31)21(34)26-2)29-20(33)14-10-27-32-17(22(23,24)25)9-15(28-19(14)32)12-5-7-13(35-3)8-6-12/h5-11H,4H2,1-3H3,(H,26,34)(H,29,33). The molecule has 0 aliphatic carbocycles. The maximum absolute atomic E-state index is 13.8. The second kappa shape index (κ2) is 9.08. The predicted octanol–water partition coefficient (Wildman–Crippen LogP) is 3.25. The third-order valence-electron chi connectivity index (χ3n) is 5.17. The molecule has 0 bridgehead atoms. The van der Waals surface area contributed by atoms with Gasteiger partial charge in [-0.25, -0.2) is 9.50 Å². The minimum Gasteiger partial charge on any atom is -0.497 e. The Hall–Kier alpha value is -4.42. The summed E-state index contributed by atoms with van der Waals surface area (Å²) in [5, 5.41) is 12.8. The van der Waals surface area contributed by atoms with Crippen LogP contribution in [0.4, 0.5) is 18.9 Å². The van der Waals surface area contributed by atoms with E-state index in [2.05, 4.69) is 25.8 Å². The number of carbonyl (C=O) groups excluding carboxylic acids is 2. The summed E-state index contributed by atoms with van der Waals surface area (Å²) in [5.41, 5.74) is -1.17. The molecule has 1 aromatic carbocycles. The van der Waals surface area contributed by atoms with E-state index in [-0.39, 0.29) is 28.3 Å². The number of aryl methyl sites for hydroxylation is 1. The minimum absolute atomic E-state index is 0.00752. The number of hydrogen-bond donors (Lipinski definition) is 2. The summed E-state index contributed by atoms with van der Waals surface area (Å²) in [4.78, 5) is 29.5. The van der Waals surface area contributed by atoms with Gasteiger partial charge in [0.1, 0.15) is 11.3 Å². The maximum Gasteiger partial charge on any atom is 0.433 e. The Bertz CT molecular complexity index is 1410. The lowest BCUT2D eigenvalue weighted by atomic mass is 10.1. The molecule has 182 valence electrons. The molecule has 0 aliphatic heterocycles. The topological polar surface area (TPSA) is 115 Å². The molecule has 3 aromatic heterocycles. The fourth-order valence-electron chi connectivity index (χ4n) is 3.39. The first kappa shape index (κ1) is 23.7. The zero-order valence-corrected chi connectivity index (χ0v) is 18.8. The molecule has 0 saturated heterocycles. The normalized spacial score (nSPS) is 11.5. The molecule has 13 heteroatoms. The molecule has 0 radical (unpaired) electrons. The number of aromatic nitrogens is 5. The van der Waals surface area contributed by atoms with Gasteiger partial charge in [-0.2, -0.15) is 23.4 Å². The summed E-state index contributed by atoms with van der Waals surface area (Å²) < 4.78 is 48.6. The molecule has 4 aromatic rings. The van der Waals surface area contributed by atoms with Crippen LogP contribution < -0.4 is 15.4 Å². The number of carbonyl (C=O) groups is 2. The van der Waals surface area contributed by atoms with E-state index in [9.17, 15) is 22.8 Å². The number of methoxy groups -OCH3 is 1. The van der Waals surface area contributed by atoms with Crippen LogP contribution in [0.5, 0.6) is 5.75 Å². The largest absolute Gasteiger partial charge is 0.497 e. The number of alkyl halides is 3. The number of anilines is 1. The smallest absolute Gasteiger partial charge is 0.433 e. The van der Waals surface area contributed by atoms with E-state index < -0.39 is 23.7 Å². The number of fused-ring (bicyclic) bond motifs is 1. The van der Waals surface area contributed by atoms with Crippen molar-refractivity contribution in [3.05, 3.63) is 59.7 Å². The quantitative estimate of drug-likeness (QED) is 0.432. The number of benzene rings is 1. The molecular weight excluding hydrogens is 467 g/mol. The van der Waals surface area contributed by atoms with Crippen LogP contribution in [0, 0.1) is 0 Å². The zero-order valence-electron chi connectivity index (χ0n) is 18.8. The van der Waals surface area contributed by atoms with E-state index in [0.29, 0.717) is 22.4 Å². The number of nitrogens with zero attached hydrogens (tertiary/aromatic N) is 5. The molecule has 10 nitrogen and oxygen atoms in total. The summed E-state index contributed by atoms with van der Waals surface area (Å²) in [5.74, 6) is -0.810. The monoisotopic (exact) mass is 487 g/mol. The van der Waals surface area contributed by atoms with Gasteiger partial charge < -0.3 is 15.4 Å². The van der Waals surface area contributed by atoms with Gasteiger partial charge in [0.2, 0.25) is 0 Å². The highest BCUT2D eigenvalue weighted by atomic mass is 19.4. The van der Waals surface area contributed by atoms with E-state index in [1.807, 2.05) is 0 Å². The highest BCUT2D eigenvalue weighted by Crippen LogP contribution is 2.33. The minimum atomic E-state index is -4.77. The molecule has 35 heavy (non-hydrogen) atoms. The second-order valence-corrected chi connectivity index (χ2v) is 7.33. The van der Waals surface area contributed by atoms with Crippen molar-refractivity contribution in [1.29, 1.82) is 0 Å². The Morgan fingerprint density at radius 1 is 1.14 bits per heavy atom. The first-order valence-electron chi connectivity index (χ1n) is 10.4. The van der Waals surface area contributed by atoms with Crippen molar-refractivity contribution in [1.82, 2.24) is 29.7 Å². The Kier molecular flexibility index (Phi) is 6.16. The lowest BCUT2D eigenvalue weighted by molar-refractivity contribution is -0.142. The Labute approximate surface area is 196 Å². The van der Waals surface area contributed by atoms with Crippen molar-refractivity contribution in [3.8, 4) is 17.0 Å². The van der Waals surface area contributed by atoms with Crippen LogP contribution in [-0.4, -0.2) is 50.4 Å². The van der Waals surface area contributed by atoms with Crippen LogP contribution in [0.1, 0.15) is 33.5 Å². The van der Waals surface area contributed by atoms with Gasteiger partial charge in [0.25, 0.3) is 11.8 Å². The molecule has 0 unspecified atom stereocenters. The predicted molar refractivity (Wildman–Crippen MR) is 119 cm³/mol. The van der Waals surface area contributed by atoms with Crippen LogP contribution in [0.25, 0.3) is 16.9 Å². The van der Waals surface area contributed by atoms with Gasteiger partial charge in [-0.1, -0.05) is 0 Å². The lowest BCUT2D eigenvalue weighted by Gasteiger charge is -2.12. The number of halogens is 3. The molecule has 0 fully saturated rings. The van der Waals surface area contributed by atoms with Crippen LogP contribution in [0.15, 0.2) is 42.7 Å². The summed E-state index contributed by atoms with van der Waals surface area (Å²) in [6.07, 6.45) is -2.32. The van der Waals surface area contributed by atoms with Crippen LogP contribution >= 0.6 is 0 Å². The van der Waals surface area contributed by atoms with E-state index in [4.69, 9.17) is 4.74 Å². The average molecular weight is 487 g/mol. The van der Waals surface area contributed by atoms with Gasteiger partial charge in [-0.05, 0) is 37.3 Å². The molecule has 2 amide bonds. The van der Waals surface area contributed by atoms with Crippen LogP contribution in [0.3, 0.4) is 0 Å². The molecular formula is C22H20F3N7O3. The molecule has 0 aliphatic rings. The molecule has 4 rings (SSSR count). The molecule has 0 spiro atoms. The van der Waals surface area contributed by atoms with E-state index in [1.54, 1.807) is 31.2 Å². The average Bonchev–Trinajstić information content (AvgIpc) is 3.46. The first-order chi connectivity index (χ1) is 16.7. The first-order valence-corrected chi connectivity index (χ1v) is 10.4. The Morgan fingerprint density at radius 3 is 2.46 bits per heavy atom. The highest BCUT2D eigenvalue weighted by Gasteiger charge is 2.36. The van der Waals surface area contributed by atoms with Crippen molar-refractivity contribution in [2.75, 3.05) is 19.5 Å². The van der Waals surface area contributed by atoms with Crippen molar-refractivity contribution in [2.45, 2.75) is 19.6 Å². The molecule has 0 atom stereocenters. The van der Waals surface area contributed by atoms with Crippen molar-refractivity contribution in [2.24, 2.45) is 0 Å². The number of hydrogen-bond acceptors (Lipinski definition) is 6. The maximum atomic E-state index is 13.8. The summed E-state index contributed by atoms with van der Waals surface area (Å²) >= 11 is 0. The Balaban J connectivity index is 1.81. The highest BCUT2D eigenvalue weighted by molar-refractivity contribution is 6.11. The number of rotatable bonds is 6. The third kappa shape index (κ3) is 4.52. The molecule has 2 N–H and O–H groups in total. The number of nitrogens with one attached hydrogen (secondary N) is 2. The summed E-state index contributed by atoms with van der Waals surface area (Å²) in [7, 11) is 2.88. The Morgan fingerprint density at radius 2 is 1.86 bits per heavy atom. The van der Waals surface area contributed by atoms with Crippen LogP contribution in [0.2, 0.25) is 0 Å². The molecule has 3 heterocycles. The van der Waals surface area contributed by atoms with Gasteiger partial charge >= 0.3 is 6.18 Å². The molecule has 0 saturated carbocycles. The van der Waals surface area contributed by atoms with E-state index in [1.165, 1.54) is 25.0 Å². The van der Waals surface area contributed by atoms with Gasteiger partial charge in [-0.3, -0.25) is 14.3 Å². The van der Waals surface area contributed by atoms with Gasteiger partial charge in [0.05, 0.1) is 24.7 Å². The lowest BCUT2D eigenvalue weighted by Crippen LogP contribution is -2.21. The number of ether oxygens (including phenoxy) is 1. The zero-order chi connectivity index (χ0) is 25.3. The fraction of sp³-hybridized carbons (Fsp3) is 0.227. The van der Waals surface area contributed by atoms with E-state index in [0.717, 1.165) is 12.3 Å². The fourth-order valence-corrected chi connectivity index (χ4v) is 3.39. The van der Waals surface area contributed by atoms with Gasteiger partial charge in [0.15, 0.2) is 17.0 Å².